The lowest BCUT2D eigenvalue weighted by molar-refractivity contribution is 0.0694. The third-order valence-corrected chi connectivity index (χ3v) is 12.5. The standard InChI is InChI=1S/C29H35FN4O11P2/c1-15-13-32(10-11-33(15)29(38)45-18-8-4-16(5-9-18)12-20(46(3,39)40)47(41,42)43)25-22(30)23(31)21-24(27(25)44-2)34(17-6-7-17)14-19(26(21)35)28(36)37/h4-5,8-9,14-15,17,20,39-40H,3,6-7,10-13,31H2,1-2H3,(H,36,37)(H2,41,42,43). The second kappa shape index (κ2) is 12.6. The molecule has 2 aliphatic rings. The molecule has 2 aromatic carbocycles. The van der Waals surface area contributed by atoms with Gasteiger partial charge in [-0.2, -0.15) is 0 Å². The Morgan fingerprint density at radius 1 is 1.15 bits per heavy atom. The van der Waals surface area contributed by atoms with E-state index in [-0.39, 0.29) is 60.2 Å². The number of nitrogens with zero attached hydrogens (tertiary/aromatic N) is 3. The molecule has 1 aromatic heterocycles. The fourth-order valence-electron chi connectivity index (χ4n) is 5.83. The van der Waals surface area contributed by atoms with E-state index in [2.05, 4.69) is 6.30 Å². The van der Waals surface area contributed by atoms with Crippen LogP contribution in [0.2, 0.25) is 0 Å². The number of rotatable bonds is 9. The predicted molar refractivity (Wildman–Crippen MR) is 173 cm³/mol. The van der Waals surface area contributed by atoms with Gasteiger partial charge in [0.25, 0.3) is 0 Å². The van der Waals surface area contributed by atoms with Crippen LogP contribution in [0.1, 0.15) is 41.7 Å². The monoisotopic (exact) mass is 696 g/mol. The van der Waals surface area contributed by atoms with Crippen molar-refractivity contribution in [2.75, 3.05) is 37.4 Å². The lowest BCUT2D eigenvalue weighted by Crippen LogP contribution is -2.55. The Morgan fingerprint density at radius 3 is 2.30 bits per heavy atom. The number of halogens is 1. The predicted octanol–water partition coefficient (Wildman–Crippen LogP) is 2.78. The maximum atomic E-state index is 16.0. The van der Waals surface area contributed by atoms with Crippen molar-refractivity contribution in [3.63, 3.8) is 0 Å². The summed E-state index contributed by atoms with van der Waals surface area (Å²) in [6.07, 6.45) is 4.74. The molecular weight excluding hydrogens is 661 g/mol. The molecule has 0 radical (unpaired) electrons. The molecule has 2 unspecified atom stereocenters. The van der Waals surface area contributed by atoms with E-state index in [0.29, 0.717) is 5.56 Å². The van der Waals surface area contributed by atoms with Crippen molar-refractivity contribution in [2.45, 2.75) is 43.7 Å². The minimum atomic E-state index is -4.87. The van der Waals surface area contributed by atoms with E-state index in [1.807, 2.05) is 0 Å². The van der Waals surface area contributed by atoms with Crippen LogP contribution in [0.25, 0.3) is 10.9 Å². The SMILES string of the molecule is C=P(O)(O)C(Cc1ccc(OC(=O)N2CCN(c3c(F)c(N)c4c(=O)c(C(=O)O)cn(C5CC5)c4c3OC)CC2C)cc1)P(=O)(O)O. The topological polar surface area (TPSA) is 225 Å². The number of fused-ring (bicyclic) bond motifs is 1. The van der Waals surface area contributed by atoms with Crippen LogP contribution in [-0.4, -0.2) is 90.7 Å². The van der Waals surface area contributed by atoms with E-state index < -0.39 is 60.9 Å². The number of carboxylic acids is 1. The molecule has 0 bridgehead atoms. The van der Waals surface area contributed by atoms with Gasteiger partial charge >= 0.3 is 19.7 Å². The van der Waals surface area contributed by atoms with Crippen LogP contribution in [0.3, 0.4) is 0 Å². The molecule has 47 heavy (non-hydrogen) atoms. The first-order chi connectivity index (χ1) is 21.9. The molecule has 1 saturated heterocycles. The Labute approximate surface area is 267 Å². The Balaban J connectivity index is 1.37. The first-order valence-corrected chi connectivity index (χ1v) is 18.1. The van der Waals surface area contributed by atoms with Crippen molar-refractivity contribution in [2.24, 2.45) is 0 Å². The number of aromatic carboxylic acids is 1. The zero-order valence-corrected chi connectivity index (χ0v) is 27.2. The molecule has 1 aliphatic heterocycles. The Kier molecular flexibility index (Phi) is 9.23. The van der Waals surface area contributed by atoms with Gasteiger partial charge in [0.1, 0.15) is 29.7 Å². The van der Waals surface area contributed by atoms with Gasteiger partial charge in [0.2, 0.25) is 5.43 Å². The minimum Gasteiger partial charge on any atom is -0.492 e. The number of carbonyl (C=O) groups excluding carboxylic acids is 1. The van der Waals surface area contributed by atoms with Crippen LogP contribution in [-0.2, 0) is 11.0 Å². The number of hydrogen-bond donors (Lipinski definition) is 6. The molecule has 15 nitrogen and oxygen atoms in total. The van der Waals surface area contributed by atoms with Crippen LogP contribution < -0.4 is 25.5 Å². The van der Waals surface area contributed by atoms with Crippen molar-refractivity contribution < 1.29 is 52.7 Å². The number of carboxylic acid groups (broad SMARTS) is 1. The zero-order valence-electron chi connectivity index (χ0n) is 25.4. The van der Waals surface area contributed by atoms with Crippen LogP contribution in [0.5, 0.6) is 11.5 Å². The highest BCUT2D eigenvalue weighted by molar-refractivity contribution is 7.76. The Bertz CT molecular complexity index is 1880. The van der Waals surface area contributed by atoms with E-state index in [0.717, 1.165) is 12.8 Å². The number of piperazine rings is 1. The van der Waals surface area contributed by atoms with Crippen LogP contribution >= 0.6 is 14.9 Å². The maximum Gasteiger partial charge on any atom is 0.415 e. The molecule has 2 fully saturated rings. The lowest BCUT2D eigenvalue weighted by atomic mass is 10.0. The molecule has 5 rings (SSSR count). The maximum absolute atomic E-state index is 16.0. The van der Waals surface area contributed by atoms with Crippen molar-refractivity contribution >= 4 is 55.6 Å². The summed E-state index contributed by atoms with van der Waals surface area (Å²) >= 11 is 0. The van der Waals surface area contributed by atoms with Gasteiger partial charge < -0.3 is 54.3 Å². The molecule has 0 spiro atoms. The number of pyridine rings is 1. The van der Waals surface area contributed by atoms with E-state index in [9.17, 15) is 43.6 Å². The number of nitrogens with two attached hydrogens (primary N) is 1. The molecule has 2 heterocycles. The number of carbonyl (C=O) groups is 2. The van der Waals surface area contributed by atoms with Crippen molar-refractivity contribution in [1.82, 2.24) is 9.47 Å². The summed E-state index contributed by atoms with van der Waals surface area (Å²) in [6.45, 7) is 2.07. The number of methoxy groups -OCH3 is 1. The minimum absolute atomic E-state index is 0.0158. The van der Waals surface area contributed by atoms with Gasteiger partial charge in [0.15, 0.2) is 11.6 Å². The van der Waals surface area contributed by atoms with Gasteiger partial charge in [-0.05, 0) is 43.9 Å². The summed E-state index contributed by atoms with van der Waals surface area (Å²) < 4.78 is 40.5. The zero-order chi connectivity index (χ0) is 34.6. The molecule has 254 valence electrons. The van der Waals surface area contributed by atoms with Crippen LogP contribution in [0.4, 0.5) is 20.6 Å². The van der Waals surface area contributed by atoms with Gasteiger partial charge in [-0.25, -0.2) is 14.0 Å². The highest BCUT2D eigenvalue weighted by Gasteiger charge is 2.39. The van der Waals surface area contributed by atoms with Gasteiger partial charge in [0.05, 0.1) is 23.7 Å². The molecule has 7 N–H and O–H groups in total. The fraction of sp³-hybridized carbons (Fsp3) is 0.379. The second-order valence-corrected chi connectivity index (χ2v) is 16.1. The summed E-state index contributed by atoms with van der Waals surface area (Å²) in [6, 6.07) is 5.04. The van der Waals surface area contributed by atoms with E-state index >= 15 is 4.39 Å². The first-order valence-electron chi connectivity index (χ1n) is 14.5. The average molecular weight is 697 g/mol. The summed E-state index contributed by atoms with van der Waals surface area (Å²) in [5.41, 5.74) is 4.77. The molecule has 3 aromatic rings. The van der Waals surface area contributed by atoms with Crippen LogP contribution in [0.15, 0.2) is 35.3 Å². The van der Waals surface area contributed by atoms with Crippen LogP contribution in [0, 0.1) is 5.82 Å². The molecule has 18 heteroatoms. The lowest BCUT2D eigenvalue weighted by Gasteiger charge is -2.41. The molecule has 1 aliphatic carbocycles. The fourth-order valence-corrected chi connectivity index (χ4v) is 8.71. The quantitative estimate of drug-likeness (QED) is 0.140. The molecule has 2 atom stereocenters. The average Bonchev–Trinajstić information content (AvgIpc) is 3.82. The third-order valence-electron chi connectivity index (χ3n) is 8.34. The second-order valence-electron chi connectivity index (χ2n) is 11.7. The van der Waals surface area contributed by atoms with E-state index in [1.54, 1.807) is 16.4 Å². The van der Waals surface area contributed by atoms with E-state index in [1.165, 1.54) is 42.5 Å². The van der Waals surface area contributed by atoms with Crippen molar-refractivity contribution in [3.8, 4) is 11.5 Å². The number of nitrogen functional groups attached to an aromatic ring is 1. The Hall–Kier alpha value is -3.91. The van der Waals surface area contributed by atoms with E-state index in [4.69, 9.17) is 15.2 Å². The summed E-state index contributed by atoms with van der Waals surface area (Å²) in [5.74, 6) is -2.25. The smallest absolute Gasteiger partial charge is 0.415 e. The van der Waals surface area contributed by atoms with Crippen molar-refractivity contribution in [1.29, 1.82) is 0 Å². The number of hydrogen-bond acceptors (Lipinski definition) is 10. The van der Waals surface area contributed by atoms with Crippen molar-refractivity contribution in [3.05, 3.63) is 57.6 Å². The Morgan fingerprint density at radius 2 is 1.79 bits per heavy atom. The number of amides is 1. The number of benzene rings is 2. The molecule has 1 saturated carbocycles. The third kappa shape index (κ3) is 6.75. The number of ether oxygens (including phenoxy) is 2. The van der Waals surface area contributed by atoms with Gasteiger partial charge in [0, 0.05) is 37.9 Å². The molecular formula is C29H35FN4O11P2. The summed E-state index contributed by atoms with van der Waals surface area (Å²) in [7, 11) is -7.67. The summed E-state index contributed by atoms with van der Waals surface area (Å²) in [5, 5.41) is 7.57. The largest absolute Gasteiger partial charge is 0.492 e. The first kappa shape index (κ1) is 34.4. The normalized spacial score (nSPS) is 17.9. The molecule has 1 amide bonds. The van der Waals surface area contributed by atoms with Gasteiger partial charge in [-0.1, -0.05) is 18.4 Å². The number of anilines is 2. The highest BCUT2D eigenvalue weighted by Crippen LogP contribution is 2.60. The van der Waals surface area contributed by atoms with Gasteiger partial charge in [-0.3, -0.25) is 9.36 Å². The number of aromatic nitrogens is 1. The highest BCUT2D eigenvalue weighted by atomic mass is 31.2. The summed E-state index contributed by atoms with van der Waals surface area (Å²) in [4.78, 5) is 79.8. The van der Waals surface area contributed by atoms with Gasteiger partial charge in [-0.15, -0.1) is 0 Å².